The van der Waals surface area contributed by atoms with Gasteiger partial charge < -0.3 is 5.73 Å². The summed E-state index contributed by atoms with van der Waals surface area (Å²) in [4.78, 5) is 12.1. The molecular weight excluding hydrogens is 274 g/mol. The third-order valence-corrected chi connectivity index (χ3v) is 2.97. The number of hydrogen-bond acceptors (Lipinski definition) is 2. The first-order valence-electron chi connectivity index (χ1n) is 6.27. The lowest BCUT2D eigenvalue weighted by Crippen LogP contribution is -2.25. The molecule has 0 aliphatic rings. The van der Waals surface area contributed by atoms with Crippen LogP contribution in [-0.4, -0.2) is 12.3 Å². The van der Waals surface area contributed by atoms with E-state index in [1.165, 1.54) is 0 Å². The fourth-order valence-electron chi connectivity index (χ4n) is 2.01. The highest BCUT2D eigenvalue weighted by molar-refractivity contribution is 5.98. The summed E-state index contributed by atoms with van der Waals surface area (Å²) in [6.45, 7) is 3.83. The largest absolute Gasteiger partial charge is 0.419 e. The summed E-state index contributed by atoms with van der Waals surface area (Å²) in [5.41, 5.74) is 3.91. The Morgan fingerprint density at radius 2 is 1.90 bits per heavy atom. The molecule has 0 fully saturated rings. The van der Waals surface area contributed by atoms with E-state index in [0.29, 0.717) is 18.6 Å². The number of rotatable bonds is 5. The van der Waals surface area contributed by atoms with Crippen molar-refractivity contribution in [2.45, 2.75) is 26.4 Å². The van der Waals surface area contributed by atoms with E-state index in [4.69, 9.17) is 5.73 Å². The standard InChI is InChI=1S/C14H17F4NO/c1-8(2)5-10(7-19)13(20)9-3-4-12(15)11(6-9)14(16,17)18/h3-4,6,8,10H,5,7,19H2,1-2H3. The van der Waals surface area contributed by atoms with Crippen molar-refractivity contribution >= 4 is 5.78 Å². The van der Waals surface area contributed by atoms with E-state index in [0.717, 1.165) is 6.07 Å². The number of ketones is 1. The first kappa shape index (κ1) is 16.6. The molecule has 6 heteroatoms. The SMILES string of the molecule is CC(C)CC(CN)C(=O)c1ccc(F)c(C(F)(F)F)c1. The molecule has 0 amide bonds. The zero-order chi connectivity index (χ0) is 15.5. The molecule has 1 rings (SSSR count). The predicted octanol–water partition coefficient (Wildman–Crippen LogP) is 3.65. The van der Waals surface area contributed by atoms with E-state index < -0.39 is 29.3 Å². The molecule has 1 aromatic rings. The van der Waals surface area contributed by atoms with E-state index in [1.54, 1.807) is 0 Å². The normalized spacial score (nSPS) is 13.6. The van der Waals surface area contributed by atoms with Gasteiger partial charge >= 0.3 is 6.18 Å². The number of nitrogens with two attached hydrogens (primary N) is 1. The van der Waals surface area contributed by atoms with Crippen molar-refractivity contribution in [3.8, 4) is 0 Å². The van der Waals surface area contributed by atoms with Crippen molar-refractivity contribution in [3.05, 3.63) is 35.1 Å². The monoisotopic (exact) mass is 291 g/mol. The van der Waals surface area contributed by atoms with Crippen molar-refractivity contribution in [3.63, 3.8) is 0 Å². The molecule has 2 nitrogen and oxygen atoms in total. The van der Waals surface area contributed by atoms with Gasteiger partial charge in [-0.25, -0.2) is 4.39 Å². The summed E-state index contributed by atoms with van der Waals surface area (Å²) in [6.07, 6.45) is -4.34. The Morgan fingerprint density at radius 1 is 1.30 bits per heavy atom. The van der Waals surface area contributed by atoms with Crippen LogP contribution in [-0.2, 0) is 6.18 Å². The summed E-state index contributed by atoms with van der Waals surface area (Å²) < 4.78 is 51.0. The Hall–Kier alpha value is -1.43. The molecule has 0 saturated heterocycles. The van der Waals surface area contributed by atoms with E-state index in [2.05, 4.69) is 0 Å². The number of hydrogen-bond donors (Lipinski definition) is 1. The molecule has 2 N–H and O–H groups in total. The lowest BCUT2D eigenvalue weighted by molar-refractivity contribution is -0.140. The molecule has 0 saturated carbocycles. The van der Waals surface area contributed by atoms with Crippen molar-refractivity contribution in [2.24, 2.45) is 17.6 Å². The van der Waals surface area contributed by atoms with Crippen molar-refractivity contribution in [1.82, 2.24) is 0 Å². The fraction of sp³-hybridized carbons (Fsp3) is 0.500. The van der Waals surface area contributed by atoms with Gasteiger partial charge in [0, 0.05) is 18.0 Å². The van der Waals surface area contributed by atoms with Gasteiger partial charge in [0.1, 0.15) is 5.82 Å². The van der Waals surface area contributed by atoms with Crippen LogP contribution < -0.4 is 5.73 Å². The summed E-state index contributed by atoms with van der Waals surface area (Å²) in [5, 5.41) is 0. The lowest BCUT2D eigenvalue weighted by Gasteiger charge is -2.17. The number of Topliss-reactive ketones (excluding diaryl/α,β-unsaturated/α-hetero) is 1. The molecule has 112 valence electrons. The molecule has 1 aromatic carbocycles. The lowest BCUT2D eigenvalue weighted by atomic mass is 9.89. The topological polar surface area (TPSA) is 43.1 Å². The van der Waals surface area contributed by atoms with Crippen LogP contribution in [0.4, 0.5) is 17.6 Å². The highest BCUT2D eigenvalue weighted by Crippen LogP contribution is 2.32. The Labute approximate surface area is 115 Å². The molecule has 0 aliphatic heterocycles. The van der Waals surface area contributed by atoms with Crippen LogP contribution in [0.15, 0.2) is 18.2 Å². The van der Waals surface area contributed by atoms with Crippen LogP contribution >= 0.6 is 0 Å². The molecule has 1 unspecified atom stereocenters. The Balaban J connectivity index is 3.10. The second-order valence-electron chi connectivity index (χ2n) is 5.12. The summed E-state index contributed by atoms with van der Waals surface area (Å²) in [7, 11) is 0. The van der Waals surface area contributed by atoms with Crippen molar-refractivity contribution in [2.75, 3.05) is 6.54 Å². The quantitative estimate of drug-likeness (QED) is 0.664. The number of alkyl halides is 3. The zero-order valence-electron chi connectivity index (χ0n) is 11.3. The summed E-state index contributed by atoms with van der Waals surface area (Å²) in [6, 6.07) is 2.29. The van der Waals surface area contributed by atoms with Gasteiger partial charge in [0.25, 0.3) is 0 Å². The van der Waals surface area contributed by atoms with Gasteiger partial charge in [-0.3, -0.25) is 4.79 Å². The molecule has 0 spiro atoms. The molecular formula is C14H17F4NO. The fourth-order valence-corrected chi connectivity index (χ4v) is 2.01. The molecule has 0 bridgehead atoms. The first-order chi connectivity index (χ1) is 9.16. The van der Waals surface area contributed by atoms with Gasteiger partial charge in [-0.15, -0.1) is 0 Å². The molecule has 0 aliphatic carbocycles. The maximum atomic E-state index is 13.2. The third kappa shape index (κ3) is 4.03. The highest BCUT2D eigenvalue weighted by Gasteiger charge is 2.35. The Bertz CT molecular complexity index is 483. The van der Waals surface area contributed by atoms with E-state index in [-0.39, 0.29) is 18.0 Å². The average Bonchev–Trinajstić information content (AvgIpc) is 2.34. The molecule has 0 heterocycles. The first-order valence-corrected chi connectivity index (χ1v) is 6.27. The maximum absolute atomic E-state index is 13.2. The smallest absolute Gasteiger partial charge is 0.330 e. The minimum Gasteiger partial charge on any atom is -0.330 e. The second-order valence-corrected chi connectivity index (χ2v) is 5.12. The van der Waals surface area contributed by atoms with Gasteiger partial charge in [0.15, 0.2) is 5.78 Å². The van der Waals surface area contributed by atoms with Crippen molar-refractivity contribution < 1.29 is 22.4 Å². The van der Waals surface area contributed by atoms with E-state index in [9.17, 15) is 22.4 Å². The highest BCUT2D eigenvalue weighted by atomic mass is 19.4. The van der Waals surface area contributed by atoms with Gasteiger partial charge in [0.2, 0.25) is 0 Å². The van der Waals surface area contributed by atoms with Gasteiger partial charge in [-0.2, -0.15) is 13.2 Å². The number of carbonyl (C=O) groups is 1. The predicted molar refractivity (Wildman–Crippen MR) is 67.7 cm³/mol. The van der Waals surface area contributed by atoms with Crippen LogP contribution in [0.3, 0.4) is 0 Å². The van der Waals surface area contributed by atoms with Gasteiger partial charge in [-0.05, 0) is 30.5 Å². The number of halogens is 4. The average molecular weight is 291 g/mol. The number of benzene rings is 1. The summed E-state index contributed by atoms with van der Waals surface area (Å²) in [5.74, 6) is -2.23. The van der Waals surface area contributed by atoms with Crippen LogP contribution in [0.1, 0.15) is 36.2 Å². The second kappa shape index (κ2) is 6.35. The van der Waals surface area contributed by atoms with Crippen LogP contribution in [0, 0.1) is 17.7 Å². The Kier molecular flexibility index (Phi) is 5.28. The van der Waals surface area contributed by atoms with Crippen LogP contribution in [0.5, 0.6) is 0 Å². The summed E-state index contributed by atoms with van der Waals surface area (Å²) >= 11 is 0. The van der Waals surface area contributed by atoms with Crippen LogP contribution in [0.25, 0.3) is 0 Å². The molecule has 1 atom stereocenters. The molecule has 20 heavy (non-hydrogen) atoms. The minimum atomic E-state index is -4.82. The van der Waals surface area contributed by atoms with Gasteiger partial charge in [-0.1, -0.05) is 13.8 Å². The Morgan fingerprint density at radius 3 is 2.35 bits per heavy atom. The third-order valence-electron chi connectivity index (χ3n) is 2.97. The number of carbonyl (C=O) groups excluding carboxylic acids is 1. The van der Waals surface area contributed by atoms with E-state index in [1.807, 2.05) is 13.8 Å². The van der Waals surface area contributed by atoms with Gasteiger partial charge in [0.05, 0.1) is 5.56 Å². The van der Waals surface area contributed by atoms with E-state index >= 15 is 0 Å². The maximum Gasteiger partial charge on any atom is 0.419 e. The molecule has 0 aromatic heterocycles. The minimum absolute atomic E-state index is 0.0513. The molecule has 0 radical (unpaired) electrons. The van der Waals surface area contributed by atoms with Crippen LogP contribution in [0.2, 0.25) is 0 Å². The van der Waals surface area contributed by atoms with Crippen molar-refractivity contribution in [1.29, 1.82) is 0 Å². The zero-order valence-corrected chi connectivity index (χ0v) is 11.3.